The summed E-state index contributed by atoms with van der Waals surface area (Å²) in [5.41, 5.74) is 6.58. The Hall–Kier alpha value is -4.18. The monoisotopic (exact) mass is 464 g/mol. The lowest BCUT2D eigenvalue weighted by Crippen LogP contribution is -2.48. The minimum absolute atomic E-state index is 0.116. The van der Waals surface area contributed by atoms with E-state index in [2.05, 4.69) is 66.3 Å². The third-order valence-electron chi connectivity index (χ3n) is 6.75. The van der Waals surface area contributed by atoms with Crippen LogP contribution in [0.3, 0.4) is 0 Å². The van der Waals surface area contributed by atoms with E-state index in [1.807, 2.05) is 23.4 Å². The number of pyridine rings is 2. The van der Waals surface area contributed by atoms with Crippen molar-refractivity contribution in [3.8, 4) is 28.3 Å². The second-order valence-electron chi connectivity index (χ2n) is 9.28. The van der Waals surface area contributed by atoms with Crippen molar-refractivity contribution in [1.82, 2.24) is 19.5 Å². The number of carbonyl (C=O) groups excluding carboxylic acids is 1. The van der Waals surface area contributed by atoms with Gasteiger partial charge in [-0.05, 0) is 35.2 Å². The highest BCUT2D eigenvalue weighted by molar-refractivity contribution is 5.87. The molecule has 7 heteroatoms. The summed E-state index contributed by atoms with van der Waals surface area (Å²) in [7, 11) is 0. The van der Waals surface area contributed by atoms with E-state index < -0.39 is 0 Å². The molecule has 1 aliphatic heterocycles. The van der Waals surface area contributed by atoms with Crippen molar-refractivity contribution >= 4 is 17.2 Å². The van der Waals surface area contributed by atoms with Crippen LogP contribution >= 0.6 is 0 Å². The van der Waals surface area contributed by atoms with E-state index >= 15 is 0 Å². The lowest BCUT2D eigenvalue weighted by molar-refractivity contribution is -0.129. The number of hydrogen-bond donors (Lipinski definition) is 0. The van der Waals surface area contributed by atoms with Gasteiger partial charge in [0.15, 0.2) is 0 Å². The van der Waals surface area contributed by atoms with E-state index in [4.69, 9.17) is 4.98 Å². The van der Waals surface area contributed by atoms with Gasteiger partial charge in [-0.1, -0.05) is 38.1 Å². The number of nitrogens with zero attached hydrogens (tertiary/aromatic N) is 6. The quantitative estimate of drug-likeness (QED) is 0.436. The molecule has 0 N–H and O–H groups in total. The molecule has 0 spiro atoms. The number of hydrogen-bond acceptors (Lipinski definition) is 5. The van der Waals surface area contributed by atoms with Gasteiger partial charge in [-0.15, -0.1) is 0 Å². The lowest BCUT2D eigenvalue weighted by atomic mass is 9.97. The predicted molar refractivity (Wildman–Crippen MR) is 137 cm³/mol. The zero-order valence-corrected chi connectivity index (χ0v) is 20.3. The average Bonchev–Trinajstić information content (AvgIpc) is 3.31. The topological polar surface area (TPSA) is 77.5 Å². The molecule has 5 rings (SSSR count). The molecule has 0 bridgehead atoms. The largest absolute Gasteiger partial charge is 0.353 e. The highest BCUT2D eigenvalue weighted by Crippen LogP contribution is 2.33. The molecule has 0 atom stereocenters. The first-order valence-electron chi connectivity index (χ1n) is 11.9. The fourth-order valence-corrected chi connectivity index (χ4v) is 4.62. The maximum Gasteiger partial charge on any atom is 0.219 e. The fraction of sp³-hybridized carbons (Fsp3) is 0.286. The molecule has 1 aromatic carbocycles. The van der Waals surface area contributed by atoms with E-state index in [9.17, 15) is 10.1 Å². The van der Waals surface area contributed by atoms with Crippen LogP contribution in [0.15, 0.2) is 61.1 Å². The van der Waals surface area contributed by atoms with Crippen LogP contribution < -0.4 is 4.90 Å². The number of amides is 1. The van der Waals surface area contributed by atoms with Gasteiger partial charge in [0.1, 0.15) is 11.9 Å². The molecule has 4 aromatic rings. The molecule has 35 heavy (non-hydrogen) atoms. The van der Waals surface area contributed by atoms with Crippen molar-refractivity contribution in [3.63, 3.8) is 0 Å². The van der Waals surface area contributed by atoms with Crippen LogP contribution in [0.4, 0.5) is 5.82 Å². The molecule has 0 radical (unpaired) electrons. The van der Waals surface area contributed by atoms with Gasteiger partial charge in [-0.2, -0.15) is 10.4 Å². The Morgan fingerprint density at radius 2 is 1.69 bits per heavy atom. The summed E-state index contributed by atoms with van der Waals surface area (Å²) in [6.07, 6.45) is 5.45. The zero-order valence-electron chi connectivity index (χ0n) is 20.3. The first-order chi connectivity index (χ1) is 16.9. The van der Waals surface area contributed by atoms with Gasteiger partial charge in [0, 0.05) is 62.2 Å². The van der Waals surface area contributed by atoms with Gasteiger partial charge in [0.2, 0.25) is 5.91 Å². The van der Waals surface area contributed by atoms with Crippen LogP contribution in [0.5, 0.6) is 0 Å². The van der Waals surface area contributed by atoms with Gasteiger partial charge in [0.05, 0.1) is 17.3 Å². The minimum atomic E-state index is 0.116. The Bertz CT molecular complexity index is 1410. The van der Waals surface area contributed by atoms with E-state index in [0.29, 0.717) is 24.6 Å². The summed E-state index contributed by atoms with van der Waals surface area (Å²) in [4.78, 5) is 20.4. The first-order valence-corrected chi connectivity index (χ1v) is 11.9. The molecule has 1 amide bonds. The molecule has 7 nitrogen and oxygen atoms in total. The van der Waals surface area contributed by atoms with E-state index in [1.165, 1.54) is 5.56 Å². The Balaban J connectivity index is 1.51. The Kier molecular flexibility index (Phi) is 5.96. The lowest BCUT2D eigenvalue weighted by Gasteiger charge is -2.34. The van der Waals surface area contributed by atoms with Gasteiger partial charge >= 0.3 is 0 Å². The standard InChI is InChI=1S/C28H28N6O/c1-19(2)21-4-6-22(7-5-21)24-14-26(28-25(15-29)17-31-34(28)18-24)23-8-9-27(30-16-23)33-12-10-32(11-13-33)20(3)35/h4-9,14,16-19H,10-13H2,1-3H3. The van der Waals surface area contributed by atoms with Gasteiger partial charge in [0.25, 0.3) is 0 Å². The predicted octanol–water partition coefficient (Wildman–Crippen LogP) is 4.73. The number of benzene rings is 1. The van der Waals surface area contributed by atoms with Crippen molar-refractivity contribution in [1.29, 1.82) is 5.26 Å². The Morgan fingerprint density at radius 1 is 0.971 bits per heavy atom. The molecule has 1 aliphatic rings. The molecule has 176 valence electrons. The van der Waals surface area contributed by atoms with Crippen molar-refractivity contribution in [2.75, 3.05) is 31.1 Å². The van der Waals surface area contributed by atoms with Crippen molar-refractivity contribution in [3.05, 3.63) is 72.2 Å². The number of carbonyl (C=O) groups is 1. The molecule has 1 fully saturated rings. The Labute approximate surface area is 205 Å². The zero-order chi connectivity index (χ0) is 24.5. The van der Waals surface area contributed by atoms with Crippen LogP contribution in [-0.4, -0.2) is 51.6 Å². The average molecular weight is 465 g/mol. The minimum Gasteiger partial charge on any atom is -0.353 e. The second kappa shape index (κ2) is 9.22. The van der Waals surface area contributed by atoms with E-state index in [1.54, 1.807) is 17.6 Å². The number of aromatic nitrogens is 3. The van der Waals surface area contributed by atoms with Crippen LogP contribution in [-0.2, 0) is 4.79 Å². The van der Waals surface area contributed by atoms with Crippen molar-refractivity contribution in [2.45, 2.75) is 26.7 Å². The SMILES string of the molecule is CC(=O)N1CCN(c2ccc(-c3cc(-c4ccc(C(C)C)cc4)cn4ncc(C#N)c34)cn2)CC1. The summed E-state index contributed by atoms with van der Waals surface area (Å²) in [6.45, 7) is 8.93. The summed E-state index contributed by atoms with van der Waals surface area (Å²) in [5.74, 6) is 1.48. The molecule has 4 heterocycles. The summed E-state index contributed by atoms with van der Waals surface area (Å²) in [6, 6.07) is 17.1. The van der Waals surface area contributed by atoms with Crippen LogP contribution in [0.25, 0.3) is 27.8 Å². The maximum atomic E-state index is 11.6. The van der Waals surface area contributed by atoms with Crippen molar-refractivity contribution in [2.24, 2.45) is 0 Å². The van der Waals surface area contributed by atoms with E-state index in [-0.39, 0.29) is 5.91 Å². The second-order valence-corrected chi connectivity index (χ2v) is 9.28. The smallest absolute Gasteiger partial charge is 0.219 e. The third kappa shape index (κ3) is 4.35. The van der Waals surface area contributed by atoms with Crippen molar-refractivity contribution < 1.29 is 4.79 Å². The van der Waals surface area contributed by atoms with E-state index in [0.717, 1.165) is 46.7 Å². The normalized spacial score (nSPS) is 13.9. The fourth-order valence-electron chi connectivity index (χ4n) is 4.62. The molecule has 1 saturated heterocycles. The Morgan fingerprint density at radius 3 is 2.29 bits per heavy atom. The van der Waals surface area contributed by atoms with Crippen LogP contribution in [0.1, 0.15) is 37.8 Å². The number of nitriles is 1. The number of fused-ring (bicyclic) bond motifs is 1. The van der Waals surface area contributed by atoms with Crippen LogP contribution in [0.2, 0.25) is 0 Å². The summed E-state index contributed by atoms with van der Waals surface area (Å²) < 4.78 is 1.79. The molecule has 0 unspecified atom stereocenters. The first kappa shape index (κ1) is 22.6. The molecule has 3 aromatic heterocycles. The molecule has 0 aliphatic carbocycles. The third-order valence-corrected chi connectivity index (χ3v) is 6.75. The highest BCUT2D eigenvalue weighted by Gasteiger charge is 2.20. The summed E-state index contributed by atoms with van der Waals surface area (Å²) >= 11 is 0. The highest BCUT2D eigenvalue weighted by atomic mass is 16.2. The van der Waals surface area contributed by atoms with Gasteiger partial charge < -0.3 is 9.80 Å². The number of piperazine rings is 1. The molecular formula is C28H28N6O. The number of rotatable bonds is 4. The summed E-state index contributed by atoms with van der Waals surface area (Å²) in [5, 5.41) is 14.1. The molecular weight excluding hydrogens is 436 g/mol. The van der Waals surface area contributed by atoms with Gasteiger partial charge in [-0.25, -0.2) is 9.50 Å². The molecule has 0 saturated carbocycles. The maximum absolute atomic E-state index is 11.6. The number of anilines is 1. The van der Waals surface area contributed by atoms with Crippen LogP contribution in [0, 0.1) is 11.3 Å². The van der Waals surface area contributed by atoms with Gasteiger partial charge in [-0.3, -0.25) is 4.79 Å².